The third-order valence-electron chi connectivity index (χ3n) is 4.12. The number of benzene rings is 1. The molecule has 2 aliphatic rings. The Morgan fingerprint density at radius 2 is 1.87 bits per heavy atom. The molecule has 7 nitrogen and oxygen atoms in total. The van der Waals surface area contributed by atoms with E-state index < -0.39 is 21.8 Å². The monoisotopic (exact) mass is 359 g/mol. The molecule has 1 saturated carbocycles. The third-order valence-corrected chi connectivity index (χ3v) is 5.61. The van der Waals surface area contributed by atoms with Crippen molar-refractivity contribution in [3.63, 3.8) is 0 Å². The second-order valence-corrected chi connectivity index (χ2v) is 7.39. The first-order valence-corrected chi connectivity index (χ1v) is 8.52. The van der Waals surface area contributed by atoms with Crippen molar-refractivity contribution in [2.24, 2.45) is 11.7 Å². The summed E-state index contributed by atoms with van der Waals surface area (Å²) in [7, 11) is -2.40. The lowest BCUT2D eigenvalue weighted by Crippen LogP contribution is -2.41. The number of carbonyl (C=O) groups is 2. The zero-order chi connectivity index (χ0) is 16.1. The van der Waals surface area contributed by atoms with E-state index in [1.165, 1.54) is 25.2 Å². The molecule has 3 N–H and O–H groups in total. The lowest BCUT2D eigenvalue weighted by molar-refractivity contribution is 0.0693. The third kappa shape index (κ3) is 3.12. The number of imide groups is 1. The first-order chi connectivity index (χ1) is 10.3. The number of sulfonamides is 1. The van der Waals surface area contributed by atoms with Gasteiger partial charge < -0.3 is 5.73 Å². The zero-order valence-electron chi connectivity index (χ0n) is 12.5. The van der Waals surface area contributed by atoms with E-state index in [4.69, 9.17) is 5.73 Å². The van der Waals surface area contributed by atoms with Crippen LogP contribution in [0.3, 0.4) is 0 Å². The van der Waals surface area contributed by atoms with Crippen LogP contribution in [0.1, 0.15) is 33.6 Å². The summed E-state index contributed by atoms with van der Waals surface area (Å²) in [5.41, 5.74) is 5.96. The van der Waals surface area contributed by atoms with Crippen LogP contribution in [0.15, 0.2) is 23.1 Å². The molecule has 1 aromatic carbocycles. The number of fused-ring (bicyclic) bond motifs is 1. The Bertz CT molecular complexity index is 761. The molecule has 1 aromatic rings. The number of rotatable bonds is 5. The Morgan fingerprint density at radius 3 is 2.43 bits per heavy atom. The highest BCUT2D eigenvalue weighted by molar-refractivity contribution is 7.89. The summed E-state index contributed by atoms with van der Waals surface area (Å²) in [5.74, 6) is -0.632. The molecule has 3 rings (SSSR count). The van der Waals surface area contributed by atoms with Crippen LogP contribution in [0.4, 0.5) is 0 Å². The molecule has 0 bridgehead atoms. The molecule has 1 aliphatic carbocycles. The standard InChI is InChI=1S/C14H17N3O4S.ClH/c1-17-13(18)10-5-4-9(6-11(10)14(17)19)22(20,21)16-12(7-15)8-2-3-8;/h4-6,8,12,16H,2-3,7,15H2,1H3;1H. The summed E-state index contributed by atoms with van der Waals surface area (Å²) >= 11 is 0. The highest BCUT2D eigenvalue weighted by Gasteiger charge is 2.36. The van der Waals surface area contributed by atoms with Crippen LogP contribution in [0.5, 0.6) is 0 Å². The normalized spacial score (nSPS) is 18.6. The van der Waals surface area contributed by atoms with Crippen molar-refractivity contribution >= 4 is 34.2 Å². The van der Waals surface area contributed by atoms with Gasteiger partial charge in [0.2, 0.25) is 10.0 Å². The van der Waals surface area contributed by atoms with Crippen LogP contribution in [0.2, 0.25) is 0 Å². The maximum atomic E-state index is 12.4. The summed E-state index contributed by atoms with van der Waals surface area (Å²) in [6.45, 7) is 0.231. The summed E-state index contributed by atoms with van der Waals surface area (Å²) in [4.78, 5) is 24.7. The quantitative estimate of drug-likeness (QED) is 0.737. The molecule has 0 saturated heterocycles. The van der Waals surface area contributed by atoms with E-state index in [0.29, 0.717) is 0 Å². The smallest absolute Gasteiger partial charge is 0.261 e. The molecule has 1 unspecified atom stereocenters. The van der Waals surface area contributed by atoms with Gasteiger partial charge in [0.15, 0.2) is 0 Å². The van der Waals surface area contributed by atoms with Gasteiger partial charge in [-0.2, -0.15) is 0 Å². The van der Waals surface area contributed by atoms with Gasteiger partial charge in [0, 0.05) is 19.6 Å². The van der Waals surface area contributed by atoms with E-state index in [-0.39, 0.29) is 46.9 Å². The molecule has 9 heteroatoms. The van der Waals surface area contributed by atoms with Crippen LogP contribution >= 0.6 is 12.4 Å². The van der Waals surface area contributed by atoms with Gasteiger partial charge in [0.05, 0.1) is 16.0 Å². The van der Waals surface area contributed by atoms with Gasteiger partial charge in [-0.3, -0.25) is 14.5 Å². The summed E-state index contributed by atoms with van der Waals surface area (Å²) in [6.07, 6.45) is 1.93. The maximum absolute atomic E-state index is 12.4. The van der Waals surface area contributed by atoms with Gasteiger partial charge in [-0.25, -0.2) is 13.1 Å². The fraction of sp³-hybridized carbons (Fsp3) is 0.429. The first-order valence-electron chi connectivity index (χ1n) is 7.04. The topological polar surface area (TPSA) is 110 Å². The van der Waals surface area contributed by atoms with Gasteiger partial charge in [-0.15, -0.1) is 12.4 Å². The minimum absolute atomic E-state index is 0. The Kier molecular flexibility index (Phi) is 4.81. The van der Waals surface area contributed by atoms with E-state index >= 15 is 0 Å². The Labute approximate surface area is 140 Å². The fourth-order valence-electron chi connectivity index (χ4n) is 2.61. The predicted octanol–water partition coefficient (Wildman–Crippen LogP) is 0.350. The lowest BCUT2D eigenvalue weighted by atomic mass is 10.1. The van der Waals surface area contributed by atoms with E-state index in [9.17, 15) is 18.0 Å². The average Bonchev–Trinajstić information content (AvgIpc) is 3.31. The number of hydrogen-bond acceptors (Lipinski definition) is 5. The van der Waals surface area contributed by atoms with Gasteiger partial charge in [0.1, 0.15) is 0 Å². The second-order valence-electron chi connectivity index (χ2n) is 5.68. The summed E-state index contributed by atoms with van der Waals surface area (Å²) in [6, 6.07) is 3.68. The summed E-state index contributed by atoms with van der Waals surface area (Å²) < 4.78 is 27.4. The fourth-order valence-corrected chi connectivity index (χ4v) is 3.95. The molecular weight excluding hydrogens is 342 g/mol. The van der Waals surface area contributed by atoms with Gasteiger partial charge >= 0.3 is 0 Å². The van der Waals surface area contributed by atoms with Crippen molar-refractivity contribution in [1.29, 1.82) is 0 Å². The van der Waals surface area contributed by atoms with E-state index in [0.717, 1.165) is 17.7 Å². The number of carbonyl (C=O) groups excluding carboxylic acids is 2. The van der Waals surface area contributed by atoms with Crippen molar-refractivity contribution in [2.75, 3.05) is 13.6 Å². The van der Waals surface area contributed by atoms with Gasteiger partial charge in [-0.1, -0.05) is 0 Å². The molecule has 1 fully saturated rings. The molecule has 0 radical (unpaired) electrons. The number of nitrogens with one attached hydrogen (secondary N) is 1. The van der Waals surface area contributed by atoms with Gasteiger partial charge in [-0.05, 0) is 37.0 Å². The van der Waals surface area contributed by atoms with Crippen molar-refractivity contribution in [3.8, 4) is 0 Å². The Hall–Kier alpha value is -1.48. The van der Waals surface area contributed by atoms with Crippen LogP contribution in [-0.4, -0.2) is 44.8 Å². The zero-order valence-corrected chi connectivity index (χ0v) is 14.1. The van der Waals surface area contributed by atoms with E-state index in [2.05, 4.69) is 4.72 Å². The molecule has 126 valence electrons. The number of hydrogen-bond donors (Lipinski definition) is 2. The van der Waals surface area contributed by atoms with Crippen LogP contribution in [0, 0.1) is 5.92 Å². The van der Waals surface area contributed by atoms with Gasteiger partial charge in [0.25, 0.3) is 11.8 Å². The molecule has 0 aromatic heterocycles. The SMILES string of the molecule is CN1C(=O)c2ccc(S(=O)(=O)NC(CN)C3CC3)cc2C1=O.Cl. The van der Waals surface area contributed by atoms with Crippen molar-refractivity contribution in [2.45, 2.75) is 23.8 Å². The minimum Gasteiger partial charge on any atom is -0.329 e. The van der Waals surface area contributed by atoms with Crippen LogP contribution in [0.25, 0.3) is 0 Å². The predicted molar refractivity (Wildman–Crippen MR) is 86.0 cm³/mol. The highest BCUT2D eigenvalue weighted by Crippen LogP contribution is 2.33. The molecule has 2 amide bonds. The minimum atomic E-state index is -3.77. The van der Waals surface area contributed by atoms with Crippen molar-refractivity contribution < 1.29 is 18.0 Å². The maximum Gasteiger partial charge on any atom is 0.261 e. The molecular formula is C14H18ClN3O4S. The molecule has 1 heterocycles. The molecule has 1 aliphatic heterocycles. The molecule has 1 atom stereocenters. The van der Waals surface area contributed by atoms with E-state index in [1.54, 1.807) is 0 Å². The largest absolute Gasteiger partial charge is 0.329 e. The van der Waals surface area contributed by atoms with Crippen LogP contribution in [-0.2, 0) is 10.0 Å². The van der Waals surface area contributed by atoms with Crippen molar-refractivity contribution in [1.82, 2.24) is 9.62 Å². The summed E-state index contributed by atoms with van der Waals surface area (Å²) in [5, 5.41) is 0. The molecule has 0 spiro atoms. The number of halogens is 1. The lowest BCUT2D eigenvalue weighted by Gasteiger charge is -2.16. The highest BCUT2D eigenvalue weighted by atomic mass is 35.5. The number of amides is 2. The Morgan fingerprint density at radius 1 is 1.26 bits per heavy atom. The van der Waals surface area contributed by atoms with E-state index in [1.807, 2.05) is 0 Å². The molecule has 23 heavy (non-hydrogen) atoms. The number of nitrogens with zero attached hydrogens (tertiary/aromatic N) is 1. The number of nitrogens with two attached hydrogens (primary N) is 1. The van der Waals surface area contributed by atoms with Crippen molar-refractivity contribution in [3.05, 3.63) is 29.3 Å². The first kappa shape index (κ1) is 17.9. The Balaban J connectivity index is 0.00000192. The second kappa shape index (κ2) is 6.20. The average molecular weight is 360 g/mol. The van der Waals surface area contributed by atoms with Crippen LogP contribution < -0.4 is 10.5 Å².